The van der Waals surface area contributed by atoms with Crippen LogP contribution in [0.15, 0.2) is 24.3 Å². The van der Waals surface area contributed by atoms with E-state index in [1.54, 1.807) is 37.8 Å². The second kappa shape index (κ2) is 16.1. The molecule has 0 aromatic heterocycles. The molecule has 7 nitrogen and oxygen atoms in total. The van der Waals surface area contributed by atoms with Crippen molar-refractivity contribution in [3.63, 3.8) is 0 Å². The van der Waals surface area contributed by atoms with Gasteiger partial charge in [-0.15, -0.1) is 6.42 Å². The molecular formula is C31H49N3O4. The zero-order valence-electron chi connectivity index (χ0n) is 24.7. The summed E-state index contributed by atoms with van der Waals surface area (Å²) in [4.78, 5) is 42.2. The number of benzene rings is 1. The molecule has 0 fully saturated rings. The van der Waals surface area contributed by atoms with Crippen molar-refractivity contribution < 1.29 is 19.1 Å². The maximum Gasteiger partial charge on any atom is 0.408 e. The maximum absolute atomic E-state index is 14.1. The molecule has 0 saturated carbocycles. The minimum atomic E-state index is -0.864. The number of alkyl carbamates (subject to hydrolysis) is 1. The Morgan fingerprint density at radius 2 is 1.61 bits per heavy atom. The second-order valence-electron chi connectivity index (χ2n) is 11.3. The fourth-order valence-corrected chi connectivity index (χ4v) is 4.26. The molecule has 38 heavy (non-hydrogen) atoms. The first-order valence-corrected chi connectivity index (χ1v) is 14.0. The van der Waals surface area contributed by atoms with Gasteiger partial charge in [-0.3, -0.25) is 9.59 Å². The molecule has 1 rings (SSSR count). The van der Waals surface area contributed by atoms with Crippen LogP contribution in [0, 0.1) is 18.3 Å². The van der Waals surface area contributed by atoms with E-state index < -0.39 is 23.8 Å². The van der Waals surface area contributed by atoms with Gasteiger partial charge in [-0.05, 0) is 64.2 Å². The highest BCUT2D eigenvalue weighted by atomic mass is 16.6. The summed E-state index contributed by atoms with van der Waals surface area (Å²) in [6.07, 6.45) is 10.4. The molecule has 3 atom stereocenters. The number of hydrogen-bond acceptors (Lipinski definition) is 4. The monoisotopic (exact) mass is 527 g/mol. The van der Waals surface area contributed by atoms with Gasteiger partial charge in [0.2, 0.25) is 11.8 Å². The molecule has 7 heteroatoms. The molecule has 1 aromatic carbocycles. The van der Waals surface area contributed by atoms with E-state index in [0.29, 0.717) is 17.7 Å². The van der Waals surface area contributed by atoms with E-state index in [0.717, 1.165) is 38.5 Å². The quantitative estimate of drug-likeness (QED) is 0.230. The van der Waals surface area contributed by atoms with Crippen LogP contribution in [-0.2, 0) is 14.3 Å². The average molecular weight is 528 g/mol. The molecule has 0 aliphatic rings. The number of terminal acetylenes is 1. The fourth-order valence-electron chi connectivity index (χ4n) is 4.26. The minimum Gasteiger partial charge on any atom is -0.444 e. The van der Waals surface area contributed by atoms with Crippen molar-refractivity contribution in [1.29, 1.82) is 0 Å². The maximum atomic E-state index is 14.1. The first-order valence-electron chi connectivity index (χ1n) is 14.0. The molecule has 0 radical (unpaired) electrons. The van der Waals surface area contributed by atoms with Crippen LogP contribution in [-0.4, -0.2) is 47.0 Å². The SMILES string of the molecule is C#Cc1ccc(C(C(=O)NC(C)CCC)N(CCCCCC)C(=O)C(NC(=O)OC(C)(C)C)C(C)C)cc1. The summed E-state index contributed by atoms with van der Waals surface area (Å²) in [5.41, 5.74) is 0.666. The van der Waals surface area contributed by atoms with Gasteiger partial charge in [-0.25, -0.2) is 4.79 Å². The predicted molar refractivity (Wildman–Crippen MR) is 153 cm³/mol. The summed E-state index contributed by atoms with van der Waals surface area (Å²) in [6.45, 7) is 15.6. The molecule has 1 aromatic rings. The van der Waals surface area contributed by atoms with E-state index in [1.807, 2.05) is 32.9 Å². The summed E-state index contributed by atoms with van der Waals surface area (Å²) >= 11 is 0. The molecule has 0 saturated heterocycles. The summed E-state index contributed by atoms with van der Waals surface area (Å²) in [6, 6.07) is 5.41. The van der Waals surface area contributed by atoms with Crippen LogP contribution in [0.3, 0.4) is 0 Å². The van der Waals surface area contributed by atoms with Crippen LogP contribution in [0.25, 0.3) is 0 Å². The molecule has 0 heterocycles. The summed E-state index contributed by atoms with van der Waals surface area (Å²) in [5, 5.41) is 5.87. The van der Waals surface area contributed by atoms with Gasteiger partial charge in [0.25, 0.3) is 0 Å². The first kappa shape index (κ1) is 33.0. The third-order valence-corrected chi connectivity index (χ3v) is 6.20. The van der Waals surface area contributed by atoms with Gasteiger partial charge in [0, 0.05) is 18.2 Å². The lowest BCUT2D eigenvalue weighted by molar-refractivity contribution is -0.143. The number of hydrogen-bond donors (Lipinski definition) is 2. The van der Waals surface area contributed by atoms with Gasteiger partial charge in [0.05, 0.1) is 0 Å². The van der Waals surface area contributed by atoms with Crippen molar-refractivity contribution in [3.8, 4) is 12.3 Å². The normalized spacial score (nSPS) is 13.7. The number of carbonyl (C=O) groups is 3. The Morgan fingerprint density at radius 3 is 2.11 bits per heavy atom. The lowest BCUT2D eigenvalue weighted by Gasteiger charge is -2.36. The van der Waals surface area contributed by atoms with E-state index in [4.69, 9.17) is 11.2 Å². The van der Waals surface area contributed by atoms with E-state index >= 15 is 0 Å². The zero-order chi connectivity index (χ0) is 28.9. The Hall–Kier alpha value is -3.01. The van der Waals surface area contributed by atoms with Crippen molar-refractivity contribution in [2.45, 2.75) is 118 Å². The van der Waals surface area contributed by atoms with Crippen molar-refractivity contribution in [1.82, 2.24) is 15.5 Å². The summed E-state index contributed by atoms with van der Waals surface area (Å²) in [5.74, 6) is 1.82. The van der Waals surface area contributed by atoms with Crippen LogP contribution in [0.4, 0.5) is 4.79 Å². The van der Waals surface area contributed by atoms with E-state index in [9.17, 15) is 14.4 Å². The highest BCUT2D eigenvalue weighted by molar-refractivity contribution is 5.92. The van der Waals surface area contributed by atoms with E-state index in [-0.39, 0.29) is 23.8 Å². The summed E-state index contributed by atoms with van der Waals surface area (Å²) in [7, 11) is 0. The third kappa shape index (κ3) is 11.2. The number of nitrogens with zero attached hydrogens (tertiary/aromatic N) is 1. The Labute approximate surface area is 230 Å². The van der Waals surface area contributed by atoms with Crippen LogP contribution < -0.4 is 10.6 Å². The van der Waals surface area contributed by atoms with Gasteiger partial charge in [-0.2, -0.15) is 0 Å². The molecule has 212 valence electrons. The topological polar surface area (TPSA) is 87.7 Å². The van der Waals surface area contributed by atoms with Gasteiger partial charge in [0.15, 0.2) is 0 Å². The molecular weight excluding hydrogens is 478 g/mol. The number of rotatable bonds is 14. The van der Waals surface area contributed by atoms with Crippen molar-refractivity contribution in [2.24, 2.45) is 5.92 Å². The fraction of sp³-hybridized carbons (Fsp3) is 0.645. The number of carbonyl (C=O) groups excluding carboxylic acids is 3. The molecule has 0 aliphatic heterocycles. The van der Waals surface area contributed by atoms with Crippen molar-refractivity contribution >= 4 is 17.9 Å². The van der Waals surface area contributed by atoms with Crippen LogP contribution in [0.1, 0.15) is 111 Å². The summed E-state index contributed by atoms with van der Waals surface area (Å²) < 4.78 is 5.44. The molecule has 0 aliphatic carbocycles. The largest absolute Gasteiger partial charge is 0.444 e. The molecule has 3 amide bonds. The van der Waals surface area contributed by atoms with Crippen molar-refractivity contribution in [2.75, 3.05) is 6.54 Å². The predicted octanol–water partition coefficient (Wildman–Crippen LogP) is 5.97. The second-order valence-corrected chi connectivity index (χ2v) is 11.3. The molecule has 2 N–H and O–H groups in total. The highest BCUT2D eigenvalue weighted by Crippen LogP contribution is 2.26. The molecule has 3 unspecified atom stereocenters. The first-order chi connectivity index (χ1) is 17.8. The Kier molecular flexibility index (Phi) is 14.0. The average Bonchev–Trinajstić information content (AvgIpc) is 2.83. The lowest BCUT2D eigenvalue weighted by Crippen LogP contribution is -2.55. The van der Waals surface area contributed by atoms with Crippen molar-refractivity contribution in [3.05, 3.63) is 35.4 Å². The Bertz CT molecular complexity index is 928. The zero-order valence-corrected chi connectivity index (χ0v) is 24.7. The Balaban J connectivity index is 3.50. The van der Waals surface area contributed by atoms with E-state index in [1.165, 1.54) is 0 Å². The van der Waals surface area contributed by atoms with Gasteiger partial charge >= 0.3 is 6.09 Å². The van der Waals surface area contributed by atoms with Crippen LogP contribution in [0.2, 0.25) is 0 Å². The van der Waals surface area contributed by atoms with Crippen LogP contribution in [0.5, 0.6) is 0 Å². The number of unbranched alkanes of at least 4 members (excludes halogenated alkanes) is 3. The number of amides is 3. The lowest BCUT2D eigenvalue weighted by atomic mass is 9.97. The smallest absolute Gasteiger partial charge is 0.408 e. The molecule has 0 bridgehead atoms. The minimum absolute atomic E-state index is 0.0437. The van der Waals surface area contributed by atoms with E-state index in [2.05, 4.69) is 30.4 Å². The standard InChI is InChI=1S/C31H49N3O4/c1-10-13-14-15-21-34(29(36)26(22(4)5)33-30(37)38-31(7,8)9)27(28(35)32-23(6)16-11-2)25-19-17-24(12-3)18-20-25/h3,17-20,22-23,26-27H,10-11,13-16,21H2,1-2,4-9H3,(H,32,35)(H,33,37). The van der Waals surface area contributed by atoms with Gasteiger partial charge in [-0.1, -0.05) is 71.4 Å². The van der Waals surface area contributed by atoms with Crippen LogP contribution >= 0.6 is 0 Å². The Morgan fingerprint density at radius 1 is 0.974 bits per heavy atom. The molecule has 0 spiro atoms. The third-order valence-electron chi connectivity index (χ3n) is 6.20. The number of nitrogens with one attached hydrogen (secondary N) is 2. The highest BCUT2D eigenvalue weighted by Gasteiger charge is 2.37. The van der Waals surface area contributed by atoms with Gasteiger partial charge in [0.1, 0.15) is 17.7 Å². The number of ether oxygens (including phenoxy) is 1. The van der Waals surface area contributed by atoms with Gasteiger partial charge < -0.3 is 20.3 Å².